The third-order valence-corrected chi connectivity index (χ3v) is 5.15. The molecule has 0 aliphatic heterocycles. The Balaban J connectivity index is 1.81. The minimum Gasteiger partial charge on any atom is -0.490 e. The SMILES string of the molecule is C=CCc1cc(/C=N\NC(=O)c2cccc(C(F)(F)F)c2)cc(OCC)c1OCc1cccc([N+](=O)[O-])c1. The number of amides is 1. The van der Waals surface area contributed by atoms with E-state index in [4.69, 9.17) is 9.47 Å². The lowest BCUT2D eigenvalue weighted by Crippen LogP contribution is -2.18. The molecule has 0 spiro atoms. The van der Waals surface area contributed by atoms with Gasteiger partial charge in [-0.25, -0.2) is 5.43 Å². The first-order chi connectivity index (χ1) is 18.1. The normalized spacial score (nSPS) is 11.3. The van der Waals surface area contributed by atoms with E-state index in [1.165, 1.54) is 24.4 Å². The van der Waals surface area contributed by atoms with Gasteiger partial charge in [0.15, 0.2) is 11.5 Å². The van der Waals surface area contributed by atoms with Gasteiger partial charge in [0.1, 0.15) is 6.61 Å². The Morgan fingerprint density at radius 1 is 1.13 bits per heavy atom. The van der Waals surface area contributed by atoms with Crippen molar-refractivity contribution >= 4 is 17.8 Å². The molecule has 8 nitrogen and oxygen atoms in total. The number of hydrazone groups is 1. The van der Waals surface area contributed by atoms with Gasteiger partial charge in [-0.3, -0.25) is 14.9 Å². The molecule has 3 aromatic carbocycles. The quantitative estimate of drug-likeness (QED) is 0.141. The third-order valence-electron chi connectivity index (χ3n) is 5.15. The molecule has 38 heavy (non-hydrogen) atoms. The molecule has 1 N–H and O–H groups in total. The molecular formula is C27H24F3N3O5. The van der Waals surface area contributed by atoms with E-state index in [-0.39, 0.29) is 17.9 Å². The average Bonchev–Trinajstić information content (AvgIpc) is 2.88. The Morgan fingerprint density at radius 3 is 2.58 bits per heavy atom. The standard InChI is InChI=1S/C27H24F3N3O5/c1-3-7-20-12-19(16-31-32-26(34)21-9-6-10-22(15-21)27(28,29)30)14-24(37-4-2)25(20)38-17-18-8-5-11-23(13-18)33(35)36/h3,5-6,8-16H,1,4,7,17H2,2H3,(H,32,34)/b31-16-. The Labute approximate surface area is 216 Å². The molecule has 3 aromatic rings. The molecule has 11 heteroatoms. The molecule has 0 atom stereocenters. The monoisotopic (exact) mass is 527 g/mol. The van der Waals surface area contributed by atoms with Gasteiger partial charge in [0, 0.05) is 23.3 Å². The summed E-state index contributed by atoms with van der Waals surface area (Å²) in [5.74, 6) is -0.00746. The molecule has 0 saturated heterocycles. The van der Waals surface area contributed by atoms with Crippen molar-refractivity contribution in [1.82, 2.24) is 5.43 Å². The number of carbonyl (C=O) groups excluding carboxylic acids is 1. The molecule has 198 valence electrons. The number of hydrogen-bond acceptors (Lipinski definition) is 6. The number of benzene rings is 3. The average molecular weight is 527 g/mol. The molecule has 0 bridgehead atoms. The second-order valence-corrected chi connectivity index (χ2v) is 7.93. The zero-order valence-corrected chi connectivity index (χ0v) is 20.3. The summed E-state index contributed by atoms with van der Waals surface area (Å²) in [6, 6.07) is 13.4. The highest BCUT2D eigenvalue weighted by molar-refractivity contribution is 5.95. The lowest BCUT2D eigenvalue weighted by molar-refractivity contribution is -0.384. The molecular weight excluding hydrogens is 503 g/mol. The highest BCUT2D eigenvalue weighted by atomic mass is 19.4. The van der Waals surface area contributed by atoms with E-state index < -0.39 is 22.6 Å². The number of ether oxygens (including phenoxy) is 2. The Bertz CT molecular complexity index is 1360. The zero-order chi connectivity index (χ0) is 27.7. The summed E-state index contributed by atoms with van der Waals surface area (Å²) in [4.78, 5) is 22.9. The van der Waals surface area contributed by atoms with Crippen LogP contribution in [0.3, 0.4) is 0 Å². The van der Waals surface area contributed by atoms with Crippen LogP contribution in [-0.2, 0) is 19.2 Å². The molecule has 0 unspecified atom stereocenters. The molecule has 0 heterocycles. The topological polar surface area (TPSA) is 103 Å². The Kier molecular flexibility index (Phi) is 9.20. The van der Waals surface area contributed by atoms with Crippen LogP contribution in [0.25, 0.3) is 0 Å². The number of allylic oxidation sites excluding steroid dienone is 1. The van der Waals surface area contributed by atoms with E-state index in [0.29, 0.717) is 41.2 Å². The molecule has 1 amide bonds. The van der Waals surface area contributed by atoms with E-state index in [2.05, 4.69) is 17.1 Å². The first kappa shape index (κ1) is 27.9. The molecule has 0 aromatic heterocycles. The number of nitro groups is 1. The molecule has 0 radical (unpaired) electrons. The highest BCUT2D eigenvalue weighted by Crippen LogP contribution is 2.34. The second-order valence-electron chi connectivity index (χ2n) is 7.93. The first-order valence-electron chi connectivity index (χ1n) is 11.4. The fraction of sp³-hybridized carbons (Fsp3) is 0.185. The third kappa shape index (κ3) is 7.42. The van der Waals surface area contributed by atoms with Crippen LogP contribution in [-0.4, -0.2) is 23.7 Å². The Morgan fingerprint density at radius 2 is 1.89 bits per heavy atom. The summed E-state index contributed by atoms with van der Waals surface area (Å²) in [6.45, 7) is 5.90. The number of nitrogens with one attached hydrogen (secondary N) is 1. The van der Waals surface area contributed by atoms with Crippen LogP contribution in [0.4, 0.5) is 18.9 Å². The van der Waals surface area contributed by atoms with Crippen LogP contribution in [0, 0.1) is 10.1 Å². The van der Waals surface area contributed by atoms with Gasteiger partial charge in [-0.2, -0.15) is 18.3 Å². The van der Waals surface area contributed by atoms with Crippen LogP contribution in [0.1, 0.15) is 39.5 Å². The van der Waals surface area contributed by atoms with Crippen molar-refractivity contribution in [1.29, 1.82) is 0 Å². The number of rotatable bonds is 11. The van der Waals surface area contributed by atoms with Crippen molar-refractivity contribution in [3.63, 3.8) is 0 Å². The van der Waals surface area contributed by atoms with Crippen molar-refractivity contribution < 1.29 is 32.4 Å². The number of non-ortho nitro benzene ring substituents is 1. The van der Waals surface area contributed by atoms with Crippen molar-refractivity contribution in [3.8, 4) is 11.5 Å². The van der Waals surface area contributed by atoms with Crippen LogP contribution in [0.5, 0.6) is 11.5 Å². The minimum absolute atomic E-state index is 0.0480. The summed E-state index contributed by atoms with van der Waals surface area (Å²) < 4.78 is 50.5. The predicted molar refractivity (Wildman–Crippen MR) is 135 cm³/mol. The summed E-state index contributed by atoms with van der Waals surface area (Å²) in [6.07, 6.45) is -1.20. The zero-order valence-electron chi connectivity index (χ0n) is 20.3. The van der Waals surface area contributed by atoms with Gasteiger partial charge in [0.2, 0.25) is 0 Å². The fourth-order valence-corrected chi connectivity index (χ4v) is 3.47. The van der Waals surface area contributed by atoms with Crippen molar-refractivity contribution in [2.75, 3.05) is 6.61 Å². The lowest BCUT2D eigenvalue weighted by atomic mass is 10.1. The number of carbonyl (C=O) groups is 1. The fourth-order valence-electron chi connectivity index (χ4n) is 3.47. The van der Waals surface area contributed by atoms with Crippen LogP contribution >= 0.6 is 0 Å². The summed E-state index contributed by atoms with van der Waals surface area (Å²) in [5.41, 5.74) is 2.84. The maximum atomic E-state index is 12.9. The second kappa shape index (κ2) is 12.5. The first-order valence-corrected chi connectivity index (χ1v) is 11.4. The van der Waals surface area contributed by atoms with Gasteiger partial charge in [-0.05, 0) is 54.8 Å². The summed E-state index contributed by atoms with van der Waals surface area (Å²) >= 11 is 0. The number of alkyl halides is 3. The smallest absolute Gasteiger partial charge is 0.416 e. The van der Waals surface area contributed by atoms with E-state index >= 15 is 0 Å². The molecule has 0 aliphatic carbocycles. The van der Waals surface area contributed by atoms with Crippen molar-refractivity contribution in [3.05, 3.63) is 111 Å². The summed E-state index contributed by atoms with van der Waals surface area (Å²) in [5, 5.41) is 14.9. The van der Waals surface area contributed by atoms with Gasteiger partial charge in [-0.1, -0.05) is 24.3 Å². The lowest BCUT2D eigenvalue weighted by Gasteiger charge is -2.17. The number of halogens is 3. The van der Waals surface area contributed by atoms with E-state index in [0.717, 1.165) is 18.2 Å². The molecule has 0 fully saturated rings. The van der Waals surface area contributed by atoms with Crippen LogP contribution in [0.15, 0.2) is 78.4 Å². The van der Waals surface area contributed by atoms with Gasteiger partial charge < -0.3 is 9.47 Å². The van der Waals surface area contributed by atoms with E-state index in [1.54, 1.807) is 37.3 Å². The predicted octanol–water partition coefficient (Wildman–Crippen LogP) is 6.08. The Hall–Kier alpha value is -4.67. The maximum Gasteiger partial charge on any atom is 0.416 e. The molecule has 0 saturated carbocycles. The number of nitro benzene ring substituents is 1. The highest BCUT2D eigenvalue weighted by Gasteiger charge is 2.30. The summed E-state index contributed by atoms with van der Waals surface area (Å²) in [7, 11) is 0. The maximum absolute atomic E-state index is 12.9. The number of hydrogen-bond donors (Lipinski definition) is 1. The van der Waals surface area contributed by atoms with Crippen LogP contribution < -0.4 is 14.9 Å². The van der Waals surface area contributed by atoms with E-state index in [1.807, 2.05) is 0 Å². The number of nitrogens with zero attached hydrogens (tertiary/aromatic N) is 2. The molecule has 0 aliphatic rings. The van der Waals surface area contributed by atoms with Gasteiger partial charge in [-0.15, -0.1) is 6.58 Å². The van der Waals surface area contributed by atoms with Crippen molar-refractivity contribution in [2.45, 2.75) is 26.1 Å². The van der Waals surface area contributed by atoms with Crippen molar-refractivity contribution in [2.24, 2.45) is 5.10 Å². The van der Waals surface area contributed by atoms with Gasteiger partial charge >= 0.3 is 6.18 Å². The molecule has 3 rings (SSSR count). The minimum atomic E-state index is -4.57. The van der Waals surface area contributed by atoms with Gasteiger partial charge in [0.05, 0.1) is 23.3 Å². The largest absolute Gasteiger partial charge is 0.490 e. The van der Waals surface area contributed by atoms with E-state index in [9.17, 15) is 28.1 Å². The van der Waals surface area contributed by atoms with Crippen LogP contribution in [0.2, 0.25) is 0 Å². The van der Waals surface area contributed by atoms with Gasteiger partial charge in [0.25, 0.3) is 11.6 Å².